The highest BCUT2D eigenvalue weighted by Gasteiger charge is 2.39. The van der Waals surface area contributed by atoms with Gasteiger partial charge in [0.05, 0.1) is 0 Å². The van der Waals surface area contributed by atoms with E-state index in [-0.39, 0.29) is 29.1 Å². The van der Waals surface area contributed by atoms with Crippen LogP contribution in [0.4, 0.5) is 4.39 Å². The number of likely N-dealkylation sites (tertiary alicyclic amines) is 1. The number of halogens is 1. The van der Waals surface area contributed by atoms with Gasteiger partial charge in [0.1, 0.15) is 11.6 Å². The number of fused-ring (bicyclic) bond motifs is 1. The summed E-state index contributed by atoms with van der Waals surface area (Å²) < 4.78 is 19.6. The van der Waals surface area contributed by atoms with E-state index < -0.39 is 0 Å². The highest BCUT2D eigenvalue weighted by Crippen LogP contribution is 2.37. The van der Waals surface area contributed by atoms with Gasteiger partial charge >= 0.3 is 0 Å². The van der Waals surface area contributed by atoms with Crippen molar-refractivity contribution in [2.24, 2.45) is 11.1 Å². The summed E-state index contributed by atoms with van der Waals surface area (Å²) in [4.78, 5) is 14.7. The van der Waals surface area contributed by atoms with Crippen molar-refractivity contribution < 1.29 is 13.7 Å². The number of hydrogen-bond donors (Lipinski definition) is 1. The Morgan fingerprint density at radius 1 is 1.35 bits per heavy atom. The Hall–Kier alpha value is -2.21. The predicted octanol–water partition coefficient (Wildman–Crippen LogP) is 2.90. The SMILES string of the molecule is CC1(C)CCc2onc(C(=O)N3C[C@@H](N)[C@H](c4ccccc4F)C3)c2C1. The number of hydrogen-bond acceptors (Lipinski definition) is 4. The Morgan fingerprint density at radius 3 is 2.88 bits per heavy atom. The Bertz CT molecular complexity index is 845. The Balaban J connectivity index is 1.57. The number of aryl methyl sites for hydroxylation is 1. The second-order valence-corrected chi connectivity index (χ2v) is 8.28. The van der Waals surface area contributed by atoms with Gasteiger partial charge in [-0.2, -0.15) is 0 Å². The van der Waals surface area contributed by atoms with Gasteiger partial charge in [0, 0.05) is 37.0 Å². The van der Waals surface area contributed by atoms with Gasteiger partial charge in [-0.15, -0.1) is 0 Å². The minimum atomic E-state index is -0.296. The summed E-state index contributed by atoms with van der Waals surface area (Å²) in [6.07, 6.45) is 2.61. The van der Waals surface area contributed by atoms with Crippen molar-refractivity contribution in [2.45, 2.75) is 45.1 Å². The fraction of sp³-hybridized carbons (Fsp3) is 0.500. The molecule has 1 aromatic carbocycles. The van der Waals surface area contributed by atoms with Crippen LogP contribution >= 0.6 is 0 Å². The molecule has 6 heteroatoms. The van der Waals surface area contributed by atoms with Crippen molar-refractivity contribution in [3.8, 4) is 0 Å². The maximum atomic E-state index is 14.1. The van der Waals surface area contributed by atoms with Gasteiger partial charge in [0.15, 0.2) is 5.69 Å². The first kappa shape index (κ1) is 17.2. The van der Waals surface area contributed by atoms with Gasteiger partial charge < -0.3 is 15.2 Å². The zero-order chi connectivity index (χ0) is 18.5. The average Bonchev–Trinajstić information content (AvgIpc) is 3.17. The van der Waals surface area contributed by atoms with Crippen LogP contribution in [0.2, 0.25) is 0 Å². The smallest absolute Gasteiger partial charge is 0.276 e. The fourth-order valence-corrected chi connectivity index (χ4v) is 4.16. The molecule has 26 heavy (non-hydrogen) atoms. The molecule has 138 valence electrons. The summed E-state index contributed by atoms with van der Waals surface area (Å²) >= 11 is 0. The molecule has 5 nitrogen and oxygen atoms in total. The molecule has 2 aromatic rings. The highest BCUT2D eigenvalue weighted by molar-refractivity contribution is 5.94. The Labute approximate surface area is 152 Å². The Morgan fingerprint density at radius 2 is 2.12 bits per heavy atom. The lowest BCUT2D eigenvalue weighted by atomic mass is 9.76. The molecule has 1 aliphatic carbocycles. The van der Waals surface area contributed by atoms with E-state index in [4.69, 9.17) is 10.3 Å². The topological polar surface area (TPSA) is 72.4 Å². The van der Waals surface area contributed by atoms with Gasteiger partial charge in [-0.3, -0.25) is 4.79 Å². The van der Waals surface area contributed by atoms with Gasteiger partial charge in [-0.05, 0) is 29.9 Å². The molecular formula is C20H24FN3O2. The van der Waals surface area contributed by atoms with E-state index in [0.29, 0.717) is 24.3 Å². The molecule has 1 aliphatic heterocycles. The summed E-state index contributed by atoms with van der Waals surface area (Å²) in [6.45, 7) is 5.17. The first-order chi connectivity index (χ1) is 12.4. The van der Waals surface area contributed by atoms with Gasteiger partial charge in [0.2, 0.25) is 0 Å². The molecule has 4 rings (SSSR count). The lowest BCUT2D eigenvalue weighted by Gasteiger charge is -2.28. The number of amides is 1. The first-order valence-electron chi connectivity index (χ1n) is 9.12. The second-order valence-electron chi connectivity index (χ2n) is 8.28. The molecule has 1 saturated heterocycles. The lowest BCUT2D eigenvalue weighted by Crippen LogP contribution is -2.33. The van der Waals surface area contributed by atoms with E-state index in [9.17, 15) is 9.18 Å². The van der Waals surface area contributed by atoms with Crippen LogP contribution in [0.5, 0.6) is 0 Å². The molecule has 2 N–H and O–H groups in total. The maximum Gasteiger partial charge on any atom is 0.276 e. The summed E-state index contributed by atoms with van der Waals surface area (Å²) in [5, 5.41) is 4.07. The number of nitrogens with zero attached hydrogens (tertiary/aromatic N) is 2. The van der Waals surface area contributed by atoms with E-state index in [2.05, 4.69) is 19.0 Å². The highest BCUT2D eigenvalue weighted by atomic mass is 19.1. The fourth-order valence-electron chi connectivity index (χ4n) is 4.16. The van der Waals surface area contributed by atoms with Crippen molar-refractivity contribution in [3.05, 3.63) is 52.7 Å². The number of aromatic nitrogens is 1. The molecule has 1 fully saturated rings. The number of nitrogens with two attached hydrogens (primary N) is 1. The number of carbonyl (C=O) groups is 1. The van der Waals surface area contributed by atoms with Gasteiger partial charge in [0.25, 0.3) is 5.91 Å². The monoisotopic (exact) mass is 357 g/mol. The maximum absolute atomic E-state index is 14.1. The van der Waals surface area contributed by atoms with Crippen LogP contribution in [-0.2, 0) is 12.8 Å². The van der Waals surface area contributed by atoms with Crippen LogP contribution < -0.4 is 5.73 Å². The summed E-state index contributed by atoms with van der Waals surface area (Å²) in [7, 11) is 0. The average molecular weight is 357 g/mol. The zero-order valence-electron chi connectivity index (χ0n) is 15.2. The van der Waals surface area contributed by atoms with Crippen molar-refractivity contribution in [1.82, 2.24) is 10.1 Å². The molecule has 0 bridgehead atoms. The third kappa shape index (κ3) is 2.92. The van der Waals surface area contributed by atoms with Crippen LogP contribution in [0, 0.1) is 11.2 Å². The zero-order valence-corrected chi connectivity index (χ0v) is 15.2. The third-order valence-electron chi connectivity index (χ3n) is 5.71. The third-order valence-corrected chi connectivity index (χ3v) is 5.71. The largest absolute Gasteiger partial charge is 0.360 e. The van der Waals surface area contributed by atoms with Crippen molar-refractivity contribution >= 4 is 5.91 Å². The molecule has 2 atom stereocenters. The second kappa shape index (κ2) is 6.20. The summed E-state index contributed by atoms with van der Waals surface area (Å²) in [5.41, 5.74) is 8.26. The number of benzene rings is 1. The van der Waals surface area contributed by atoms with E-state index in [1.807, 2.05) is 0 Å². The van der Waals surface area contributed by atoms with E-state index in [1.165, 1.54) is 6.07 Å². The van der Waals surface area contributed by atoms with E-state index in [1.54, 1.807) is 23.1 Å². The van der Waals surface area contributed by atoms with Crippen molar-refractivity contribution in [1.29, 1.82) is 0 Å². The number of rotatable bonds is 2. The molecule has 0 saturated carbocycles. The quantitative estimate of drug-likeness (QED) is 0.897. The molecular weight excluding hydrogens is 333 g/mol. The molecule has 1 aromatic heterocycles. The van der Waals surface area contributed by atoms with Crippen molar-refractivity contribution in [2.75, 3.05) is 13.1 Å². The van der Waals surface area contributed by atoms with Crippen LogP contribution in [0.25, 0.3) is 0 Å². The molecule has 2 aliphatic rings. The summed E-state index contributed by atoms with van der Waals surface area (Å²) in [6, 6.07) is 6.34. The van der Waals surface area contributed by atoms with Crippen LogP contribution in [0.15, 0.2) is 28.8 Å². The van der Waals surface area contributed by atoms with Crippen molar-refractivity contribution in [3.63, 3.8) is 0 Å². The van der Waals surface area contributed by atoms with E-state index in [0.717, 1.165) is 30.6 Å². The van der Waals surface area contributed by atoms with Crippen LogP contribution in [0.1, 0.15) is 53.6 Å². The molecule has 1 amide bonds. The van der Waals surface area contributed by atoms with E-state index >= 15 is 0 Å². The normalized spacial score (nSPS) is 24.5. The molecule has 2 heterocycles. The van der Waals surface area contributed by atoms with Crippen LogP contribution in [0.3, 0.4) is 0 Å². The minimum Gasteiger partial charge on any atom is -0.360 e. The van der Waals surface area contributed by atoms with Gasteiger partial charge in [-0.25, -0.2) is 4.39 Å². The molecule has 0 unspecified atom stereocenters. The van der Waals surface area contributed by atoms with Gasteiger partial charge in [-0.1, -0.05) is 37.2 Å². The standard InChI is InChI=1S/C20H24FN3O2/c1-20(2)8-7-17-13(9-20)18(23-26-17)19(25)24-10-14(16(22)11-24)12-5-3-4-6-15(12)21/h3-6,14,16H,7-11,22H2,1-2H3/t14-,16+/m0/s1. The lowest BCUT2D eigenvalue weighted by molar-refractivity contribution is 0.0777. The molecule has 0 spiro atoms. The van der Waals surface area contributed by atoms with Crippen LogP contribution in [-0.4, -0.2) is 35.1 Å². The summed E-state index contributed by atoms with van der Waals surface area (Å²) in [5.74, 6) is 0.172. The predicted molar refractivity (Wildman–Crippen MR) is 95.3 cm³/mol. The minimum absolute atomic E-state index is 0.130. The Kier molecular flexibility index (Phi) is 4.10. The first-order valence-corrected chi connectivity index (χ1v) is 9.12. The molecule has 0 radical (unpaired) electrons. The number of carbonyl (C=O) groups excluding carboxylic acids is 1.